The second-order valence-electron chi connectivity index (χ2n) is 5.01. The summed E-state index contributed by atoms with van der Waals surface area (Å²) in [5, 5.41) is 3.63. The van der Waals surface area contributed by atoms with Gasteiger partial charge in [0.15, 0.2) is 0 Å². The summed E-state index contributed by atoms with van der Waals surface area (Å²) in [7, 11) is 0. The minimum absolute atomic E-state index is 0.601. The van der Waals surface area contributed by atoms with Gasteiger partial charge in [0.1, 0.15) is 0 Å². The first-order valence-electron chi connectivity index (χ1n) is 6.30. The van der Waals surface area contributed by atoms with E-state index in [2.05, 4.69) is 29.6 Å². The van der Waals surface area contributed by atoms with Gasteiger partial charge in [0.05, 0.1) is 6.61 Å². The summed E-state index contributed by atoms with van der Waals surface area (Å²) >= 11 is 0. The summed E-state index contributed by atoms with van der Waals surface area (Å²) in [6, 6.07) is 9.45. The molecule has 0 bridgehead atoms. The van der Waals surface area contributed by atoms with Gasteiger partial charge in [-0.25, -0.2) is 0 Å². The molecule has 1 aromatic rings. The topological polar surface area (TPSA) is 21.3 Å². The molecule has 16 heavy (non-hydrogen) atoms. The van der Waals surface area contributed by atoms with Gasteiger partial charge >= 0.3 is 0 Å². The maximum atomic E-state index is 5.37. The van der Waals surface area contributed by atoms with Crippen molar-refractivity contribution in [3.8, 4) is 0 Å². The predicted molar refractivity (Wildman–Crippen MR) is 64.6 cm³/mol. The van der Waals surface area contributed by atoms with E-state index in [0.29, 0.717) is 6.04 Å². The Hall–Kier alpha value is -0.860. The Kier molecular flexibility index (Phi) is 2.94. The monoisotopic (exact) mass is 217 g/mol. The van der Waals surface area contributed by atoms with Gasteiger partial charge in [0.25, 0.3) is 0 Å². The number of rotatable bonds is 3. The lowest BCUT2D eigenvalue weighted by atomic mass is 10.1. The molecule has 0 saturated carbocycles. The van der Waals surface area contributed by atoms with E-state index in [0.717, 1.165) is 25.7 Å². The Labute approximate surface area is 97.0 Å². The van der Waals surface area contributed by atoms with E-state index < -0.39 is 0 Å². The van der Waals surface area contributed by atoms with E-state index in [1.807, 2.05) is 0 Å². The van der Waals surface area contributed by atoms with Gasteiger partial charge in [-0.2, -0.15) is 0 Å². The highest BCUT2D eigenvalue weighted by Gasteiger charge is 2.22. The molecule has 86 valence electrons. The third kappa shape index (κ3) is 2.13. The van der Waals surface area contributed by atoms with Crippen molar-refractivity contribution in [2.45, 2.75) is 25.3 Å². The highest BCUT2D eigenvalue weighted by Crippen LogP contribution is 2.26. The largest absolute Gasteiger partial charge is 0.380 e. The minimum Gasteiger partial charge on any atom is -0.380 e. The third-order valence-electron chi connectivity index (χ3n) is 3.76. The molecule has 2 heteroatoms. The molecular formula is C14H19NO. The molecule has 1 aliphatic carbocycles. The molecule has 1 atom stereocenters. The van der Waals surface area contributed by atoms with Crippen LogP contribution in [-0.2, 0) is 17.6 Å². The highest BCUT2D eigenvalue weighted by atomic mass is 16.5. The van der Waals surface area contributed by atoms with Crippen molar-refractivity contribution in [3.63, 3.8) is 0 Å². The van der Waals surface area contributed by atoms with Crippen LogP contribution in [0.3, 0.4) is 0 Å². The number of hydrogen-bond donors (Lipinski definition) is 1. The van der Waals surface area contributed by atoms with Crippen molar-refractivity contribution in [3.05, 3.63) is 35.4 Å². The van der Waals surface area contributed by atoms with Crippen LogP contribution in [-0.4, -0.2) is 25.8 Å². The maximum absolute atomic E-state index is 5.37. The molecule has 1 aromatic carbocycles. The lowest BCUT2D eigenvalue weighted by Gasteiger charge is -2.14. The Balaban J connectivity index is 1.52. The van der Waals surface area contributed by atoms with E-state index in [4.69, 9.17) is 4.74 Å². The van der Waals surface area contributed by atoms with Gasteiger partial charge in [-0.05, 0) is 42.9 Å². The molecule has 1 heterocycles. The van der Waals surface area contributed by atoms with Crippen LogP contribution in [0, 0.1) is 5.92 Å². The Morgan fingerprint density at radius 2 is 1.94 bits per heavy atom. The van der Waals surface area contributed by atoms with Crippen molar-refractivity contribution in [2.24, 2.45) is 5.92 Å². The Bertz CT molecular complexity index is 333. The molecule has 1 aliphatic heterocycles. The van der Waals surface area contributed by atoms with Crippen LogP contribution in [0.1, 0.15) is 17.5 Å². The fourth-order valence-electron chi connectivity index (χ4n) is 2.82. The van der Waals surface area contributed by atoms with Crippen molar-refractivity contribution < 1.29 is 4.74 Å². The zero-order chi connectivity index (χ0) is 10.8. The lowest BCUT2D eigenvalue weighted by molar-refractivity contribution is 0.189. The molecule has 2 aliphatic rings. The summed E-state index contributed by atoms with van der Waals surface area (Å²) in [5.74, 6) is 0.790. The minimum atomic E-state index is 0.601. The molecular weight excluding hydrogens is 198 g/mol. The van der Waals surface area contributed by atoms with Crippen LogP contribution >= 0.6 is 0 Å². The molecule has 1 saturated heterocycles. The summed E-state index contributed by atoms with van der Waals surface area (Å²) < 4.78 is 5.37. The third-order valence-corrected chi connectivity index (χ3v) is 3.76. The second kappa shape index (κ2) is 4.56. The summed E-state index contributed by atoms with van der Waals surface area (Å²) in [6.07, 6.45) is 3.67. The molecule has 3 rings (SSSR count). The van der Waals surface area contributed by atoms with Crippen molar-refractivity contribution in [1.29, 1.82) is 0 Å². The number of nitrogens with one attached hydrogen (secondary N) is 1. The van der Waals surface area contributed by atoms with Gasteiger partial charge in [-0.15, -0.1) is 0 Å². The first-order valence-corrected chi connectivity index (χ1v) is 6.30. The number of benzene rings is 1. The van der Waals surface area contributed by atoms with Gasteiger partial charge in [-0.3, -0.25) is 0 Å². The van der Waals surface area contributed by atoms with E-state index in [1.54, 1.807) is 11.1 Å². The van der Waals surface area contributed by atoms with Crippen LogP contribution < -0.4 is 5.32 Å². The molecule has 0 spiro atoms. The molecule has 1 N–H and O–H groups in total. The first-order chi connectivity index (χ1) is 7.92. The number of fused-ring (bicyclic) bond motifs is 1. The van der Waals surface area contributed by atoms with Crippen molar-refractivity contribution in [1.82, 2.24) is 5.32 Å². The van der Waals surface area contributed by atoms with Gasteiger partial charge in [0.2, 0.25) is 0 Å². The molecule has 0 aromatic heterocycles. The molecule has 2 nitrogen and oxygen atoms in total. The van der Waals surface area contributed by atoms with Gasteiger partial charge in [-0.1, -0.05) is 24.3 Å². The van der Waals surface area contributed by atoms with E-state index in [9.17, 15) is 0 Å². The SMILES string of the molecule is c1ccc2c(c1)CC(CNC1CCOC1)C2. The lowest BCUT2D eigenvalue weighted by Crippen LogP contribution is -2.33. The summed E-state index contributed by atoms with van der Waals surface area (Å²) in [4.78, 5) is 0. The van der Waals surface area contributed by atoms with Crippen molar-refractivity contribution >= 4 is 0 Å². The Morgan fingerprint density at radius 1 is 1.19 bits per heavy atom. The van der Waals surface area contributed by atoms with Crippen LogP contribution in [0.4, 0.5) is 0 Å². The molecule has 1 unspecified atom stereocenters. The summed E-state index contributed by atoms with van der Waals surface area (Å²) in [6.45, 7) is 2.98. The van der Waals surface area contributed by atoms with Crippen LogP contribution in [0.25, 0.3) is 0 Å². The van der Waals surface area contributed by atoms with Crippen LogP contribution in [0.5, 0.6) is 0 Å². The average molecular weight is 217 g/mol. The smallest absolute Gasteiger partial charge is 0.0620 e. The van der Waals surface area contributed by atoms with Gasteiger partial charge < -0.3 is 10.1 Å². The zero-order valence-electron chi connectivity index (χ0n) is 9.61. The fraction of sp³-hybridized carbons (Fsp3) is 0.571. The normalized spacial score (nSPS) is 24.9. The Morgan fingerprint density at radius 3 is 2.56 bits per heavy atom. The number of hydrogen-bond acceptors (Lipinski definition) is 2. The molecule has 0 amide bonds. The maximum Gasteiger partial charge on any atom is 0.0620 e. The van der Waals surface area contributed by atoms with Crippen LogP contribution in [0.15, 0.2) is 24.3 Å². The summed E-state index contributed by atoms with van der Waals surface area (Å²) in [5.41, 5.74) is 3.11. The van der Waals surface area contributed by atoms with Gasteiger partial charge in [0, 0.05) is 12.6 Å². The number of ether oxygens (including phenoxy) is 1. The second-order valence-corrected chi connectivity index (χ2v) is 5.01. The fourth-order valence-corrected chi connectivity index (χ4v) is 2.82. The van der Waals surface area contributed by atoms with Crippen molar-refractivity contribution in [2.75, 3.05) is 19.8 Å². The quantitative estimate of drug-likeness (QED) is 0.833. The predicted octanol–water partition coefficient (Wildman–Crippen LogP) is 1.78. The van der Waals surface area contributed by atoms with Crippen LogP contribution in [0.2, 0.25) is 0 Å². The molecule has 0 radical (unpaired) electrons. The van der Waals surface area contributed by atoms with E-state index in [-0.39, 0.29) is 0 Å². The first kappa shape index (κ1) is 10.3. The zero-order valence-corrected chi connectivity index (χ0v) is 9.61. The average Bonchev–Trinajstić information content (AvgIpc) is 2.95. The van der Waals surface area contributed by atoms with E-state index >= 15 is 0 Å². The van der Waals surface area contributed by atoms with E-state index in [1.165, 1.54) is 19.3 Å². The standard InChI is InChI=1S/C14H19NO/c1-2-4-13-8-11(7-12(13)3-1)9-15-14-5-6-16-10-14/h1-4,11,14-15H,5-10H2. The highest BCUT2D eigenvalue weighted by molar-refractivity contribution is 5.32. The molecule has 1 fully saturated rings.